The van der Waals surface area contributed by atoms with Crippen LogP contribution in [-0.4, -0.2) is 51.9 Å². The third kappa shape index (κ3) is 13.5. The maximum atomic E-state index is 13.1. The van der Waals surface area contributed by atoms with E-state index in [9.17, 15) is 19.2 Å². The van der Waals surface area contributed by atoms with Crippen LogP contribution < -0.4 is 0 Å². The highest BCUT2D eigenvalue weighted by Gasteiger charge is 2.41. The van der Waals surface area contributed by atoms with Gasteiger partial charge in [-0.1, -0.05) is 36.4 Å². The monoisotopic (exact) mass is 519 g/mol. The van der Waals surface area contributed by atoms with E-state index in [1.54, 1.807) is 62.3 Å². The molecule has 1 atom stereocenters. The highest BCUT2D eigenvalue weighted by Crippen LogP contribution is 2.22. The average Bonchev–Trinajstić information content (AvgIpc) is 2.71. The number of rotatable bonds is 8. The van der Waals surface area contributed by atoms with E-state index in [-0.39, 0.29) is 19.4 Å². The average molecular weight is 520 g/mol. The summed E-state index contributed by atoms with van der Waals surface area (Å²) in [5.41, 5.74) is -1.89. The summed E-state index contributed by atoms with van der Waals surface area (Å²) >= 11 is 0. The first kappa shape index (κ1) is 31.7. The molecule has 0 saturated heterocycles. The van der Waals surface area contributed by atoms with Gasteiger partial charge in [-0.05, 0) is 80.7 Å². The van der Waals surface area contributed by atoms with Crippen molar-refractivity contribution in [1.82, 2.24) is 4.90 Å². The summed E-state index contributed by atoms with van der Waals surface area (Å²) in [6, 6.07) is 7.88. The Hall–Kier alpha value is -3.36. The quantitative estimate of drug-likeness (QED) is 0.236. The highest BCUT2D eigenvalue weighted by atomic mass is 16.6. The third-order valence-electron chi connectivity index (χ3n) is 4.26. The molecule has 206 valence electrons. The lowest BCUT2D eigenvalue weighted by molar-refractivity contribution is -0.161. The van der Waals surface area contributed by atoms with Gasteiger partial charge in [0.1, 0.15) is 29.5 Å². The van der Waals surface area contributed by atoms with Crippen molar-refractivity contribution in [3.63, 3.8) is 0 Å². The van der Waals surface area contributed by atoms with Gasteiger partial charge in [-0.25, -0.2) is 19.2 Å². The minimum absolute atomic E-state index is 0.0319. The summed E-state index contributed by atoms with van der Waals surface area (Å²) in [6.07, 6.45) is 0.795. The second kappa shape index (κ2) is 13.3. The number of amides is 2. The van der Waals surface area contributed by atoms with Gasteiger partial charge in [0.15, 0.2) is 0 Å². The van der Waals surface area contributed by atoms with Gasteiger partial charge in [-0.2, -0.15) is 4.90 Å². The topological polar surface area (TPSA) is 108 Å². The second-order valence-corrected chi connectivity index (χ2v) is 11.5. The first-order valence-corrected chi connectivity index (χ1v) is 12.2. The van der Waals surface area contributed by atoms with Crippen LogP contribution in [-0.2, 0) is 35.1 Å². The number of benzene rings is 1. The molecule has 0 unspecified atom stereocenters. The van der Waals surface area contributed by atoms with Crippen molar-refractivity contribution in [2.24, 2.45) is 0 Å². The molecule has 0 spiro atoms. The molecular weight excluding hydrogens is 478 g/mol. The van der Waals surface area contributed by atoms with E-state index in [1.165, 1.54) is 12.2 Å². The van der Waals surface area contributed by atoms with Crippen LogP contribution in [0.25, 0.3) is 0 Å². The Balaban J connectivity index is 3.09. The summed E-state index contributed by atoms with van der Waals surface area (Å²) in [5, 5.41) is 0. The molecule has 0 saturated carbocycles. The largest absolute Gasteiger partial charge is 0.458 e. The van der Waals surface area contributed by atoms with E-state index in [0.29, 0.717) is 4.90 Å². The van der Waals surface area contributed by atoms with Crippen molar-refractivity contribution >= 4 is 24.1 Å². The summed E-state index contributed by atoms with van der Waals surface area (Å²) in [5.74, 6) is -1.36. The van der Waals surface area contributed by atoms with E-state index in [4.69, 9.17) is 18.9 Å². The number of imide groups is 1. The van der Waals surface area contributed by atoms with Gasteiger partial charge >= 0.3 is 24.1 Å². The van der Waals surface area contributed by atoms with Gasteiger partial charge in [0.2, 0.25) is 0 Å². The van der Waals surface area contributed by atoms with Crippen LogP contribution in [0.15, 0.2) is 42.5 Å². The minimum Gasteiger partial charge on any atom is -0.458 e. The van der Waals surface area contributed by atoms with Crippen LogP contribution in [0.5, 0.6) is 0 Å². The first-order chi connectivity index (χ1) is 16.9. The number of nitrogens with zero attached hydrogens (tertiary/aromatic N) is 1. The fourth-order valence-electron chi connectivity index (χ4n) is 2.88. The Bertz CT molecular complexity index is 921. The van der Waals surface area contributed by atoms with E-state index < -0.39 is 47.0 Å². The smallest absolute Gasteiger partial charge is 0.420 e. The van der Waals surface area contributed by atoms with Gasteiger partial charge in [-0.15, -0.1) is 0 Å². The zero-order chi connectivity index (χ0) is 28.4. The lowest BCUT2D eigenvalue weighted by Gasteiger charge is -2.33. The number of esters is 2. The van der Waals surface area contributed by atoms with Gasteiger partial charge in [0.05, 0.1) is 0 Å². The number of hydrogen-bond acceptors (Lipinski definition) is 8. The van der Waals surface area contributed by atoms with Crippen molar-refractivity contribution in [2.45, 2.75) is 105 Å². The molecule has 0 radical (unpaired) electrons. The number of hydrogen-bond donors (Lipinski definition) is 0. The zero-order valence-electron chi connectivity index (χ0n) is 23.5. The maximum absolute atomic E-state index is 13.1. The number of ether oxygens (including phenoxy) is 4. The predicted octanol–water partition coefficient (Wildman–Crippen LogP) is 5.95. The SMILES string of the molecule is CC(C)(C)OC(=O)[C@H](CCC=CC(=O)OCc1ccccc1)N(C(=O)OC(C)(C)C)C(=O)OC(C)(C)C. The Morgan fingerprint density at radius 1 is 0.784 bits per heavy atom. The number of carbonyl (C=O) groups excluding carboxylic acids is 4. The molecule has 9 heteroatoms. The van der Waals surface area contributed by atoms with Crippen LogP contribution in [0.1, 0.15) is 80.7 Å². The second-order valence-electron chi connectivity index (χ2n) is 11.5. The van der Waals surface area contributed by atoms with Gasteiger partial charge < -0.3 is 18.9 Å². The van der Waals surface area contributed by atoms with E-state index in [1.807, 2.05) is 30.3 Å². The Morgan fingerprint density at radius 3 is 1.73 bits per heavy atom. The van der Waals surface area contributed by atoms with E-state index in [0.717, 1.165) is 5.56 Å². The fraction of sp³-hybridized carbons (Fsp3) is 0.571. The van der Waals surface area contributed by atoms with Crippen molar-refractivity contribution in [3.05, 3.63) is 48.0 Å². The maximum Gasteiger partial charge on any atom is 0.420 e. The fourth-order valence-corrected chi connectivity index (χ4v) is 2.88. The third-order valence-corrected chi connectivity index (χ3v) is 4.26. The summed E-state index contributed by atoms with van der Waals surface area (Å²) in [6.45, 7) is 15.0. The highest BCUT2D eigenvalue weighted by molar-refractivity contribution is 5.94. The molecule has 0 aliphatic rings. The molecule has 0 aliphatic carbocycles. The van der Waals surface area contributed by atoms with E-state index >= 15 is 0 Å². The molecular formula is C28H41NO8. The van der Waals surface area contributed by atoms with Crippen molar-refractivity contribution < 1.29 is 38.1 Å². The summed E-state index contributed by atoms with van der Waals surface area (Å²) in [7, 11) is 0. The van der Waals surface area contributed by atoms with Crippen LogP contribution in [0.2, 0.25) is 0 Å². The molecule has 9 nitrogen and oxygen atoms in total. The molecule has 0 heterocycles. The number of carbonyl (C=O) groups is 4. The molecule has 1 aromatic carbocycles. The predicted molar refractivity (Wildman–Crippen MR) is 139 cm³/mol. The molecule has 0 aliphatic heterocycles. The van der Waals surface area contributed by atoms with Crippen molar-refractivity contribution in [2.75, 3.05) is 0 Å². The Kier molecular flexibility index (Phi) is 11.4. The first-order valence-electron chi connectivity index (χ1n) is 12.2. The van der Waals surface area contributed by atoms with E-state index in [2.05, 4.69) is 0 Å². The summed E-state index contributed by atoms with van der Waals surface area (Å²) < 4.78 is 21.5. The Morgan fingerprint density at radius 2 is 1.27 bits per heavy atom. The number of allylic oxidation sites excluding steroid dienone is 1. The standard InChI is InChI=1S/C28H41NO8/c1-26(2,3)35-23(31)21(17-13-14-18-22(30)34-19-20-15-11-10-12-16-20)29(24(32)36-27(4,5)6)25(33)37-28(7,8)9/h10-12,14-16,18,21H,13,17,19H2,1-9H3/t21-/m0/s1. The zero-order valence-corrected chi connectivity index (χ0v) is 23.5. The minimum atomic E-state index is -1.35. The summed E-state index contributed by atoms with van der Waals surface area (Å²) in [4.78, 5) is 52.0. The molecule has 0 fully saturated rings. The van der Waals surface area contributed by atoms with Crippen molar-refractivity contribution in [3.8, 4) is 0 Å². The molecule has 0 N–H and O–H groups in total. The molecule has 0 bridgehead atoms. The van der Waals surface area contributed by atoms with Crippen molar-refractivity contribution in [1.29, 1.82) is 0 Å². The molecule has 37 heavy (non-hydrogen) atoms. The lowest BCUT2D eigenvalue weighted by Crippen LogP contribution is -2.53. The van der Waals surface area contributed by atoms with Crippen LogP contribution >= 0.6 is 0 Å². The molecule has 2 amide bonds. The Labute approximate surface area is 220 Å². The van der Waals surface area contributed by atoms with Crippen LogP contribution in [0, 0.1) is 0 Å². The van der Waals surface area contributed by atoms with Gasteiger partial charge in [0.25, 0.3) is 0 Å². The molecule has 1 rings (SSSR count). The van der Waals surface area contributed by atoms with Gasteiger partial charge in [-0.3, -0.25) is 0 Å². The molecule has 1 aromatic rings. The van der Waals surface area contributed by atoms with Gasteiger partial charge in [0, 0.05) is 6.08 Å². The van der Waals surface area contributed by atoms with Crippen LogP contribution in [0.4, 0.5) is 9.59 Å². The normalized spacial score (nSPS) is 13.0. The molecule has 0 aromatic heterocycles. The lowest BCUT2D eigenvalue weighted by atomic mass is 10.1. The van der Waals surface area contributed by atoms with Crippen LogP contribution in [0.3, 0.4) is 0 Å².